The molecule has 0 bridgehead atoms. The van der Waals surface area contributed by atoms with Gasteiger partial charge in [-0.15, -0.1) is 0 Å². The zero-order chi connectivity index (χ0) is 7.40. The maximum atomic E-state index is 8.64. The van der Waals surface area contributed by atoms with Crippen LogP contribution < -0.4 is 5.32 Å². The number of nitrogens with one attached hydrogen (secondary N) is 1. The summed E-state index contributed by atoms with van der Waals surface area (Å²) in [6.07, 6.45) is 3.48. The Morgan fingerprint density at radius 2 is 2.30 bits per heavy atom. The molecule has 0 aromatic carbocycles. The van der Waals surface area contributed by atoms with Crippen molar-refractivity contribution in [2.24, 2.45) is 5.92 Å². The van der Waals surface area contributed by atoms with Crippen LogP contribution in [0, 0.1) is 5.92 Å². The molecular formula is C8H17NO. The van der Waals surface area contributed by atoms with Crippen LogP contribution in [0.5, 0.6) is 0 Å². The van der Waals surface area contributed by atoms with E-state index in [0.717, 1.165) is 18.9 Å². The molecule has 0 saturated carbocycles. The van der Waals surface area contributed by atoms with Crippen molar-refractivity contribution in [3.8, 4) is 0 Å². The average molecular weight is 143 g/mol. The van der Waals surface area contributed by atoms with Crippen molar-refractivity contribution in [2.75, 3.05) is 13.2 Å². The van der Waals surface area contributed by atoms with Gasteiger partial charge in [0.2, 0.25) is 0 Å². The summed E-state index contributed by atoms with van der Waals surface area (Å²) < 4.78 is 0. The lowest BCUT2D eigenvalue weighted by Crippen LogP contribution is -2.38. The normalized spacial score (nSPS) is 34.2. The Hall–Kier alpha value is -0.0800. The quantitative estimate of drug-likeness (QED) is 0.598. The van der Waals surface area contributed by atoms with Crippen molar-refractivity contribution < 1.29 is 5.11 Å². The van der Waals surface area contributed by atoms with Crippen LogP contribution in [-0.4, -0.2) is 24.3 Å². The molecule has 2 atom stereocenters. The maximum absolute atomic E-state index is 8.64. The van der Waals surface area contributed by atoms with E-state index >= 15 is 0 Å². The fourth-order valence-electron chi connectivity index (χ4n) is 1.46. The van der Waals surface area contributed by atoms with Crippen molar-refractivity contribution in [1.29, 1.82) is 0 Å². The first-order chi connectivity index (χ1) is 4.83. The molecule has 1 aliphatic rings. The molecule has 1 rings (SSSR count). The van der Waals surface area contributed by atoms with E-state index in [2.05, 4.69) is 12.2 Å². The smallest absolute Gasteiger partial charge is 0.0445 e. The van der Waals surface area contributed by atoms with Crippen LogP contribution in [0.25, 0.3) is 0 Å². The summed E-state index contributed by atoms with van der Waals surface area (Å²) in [5.41, 5.74) is 0. The lowest BCUT2D eigenvalue weighted by atomic mass is 9.95. The minimum absolute atomic E-state index is 0.325. The van der Waals surface area contributed by atoms with Gasteiger partial charge in [-0.2, -0.15) is 0 Å². The van der Waals surface area contributed by atoms with E-state index in [1.807, 2.05) is 0 Å². The first-order valence-corrected chi connectivity index (χ1v) is 4.17. The summed E-state index contributed by atoms with van der Waals surface area (Å²) in [4.78, 5) is 0. The molecule has 2 unspecified atom stereocenters. The van der Waals surface area contributed by atoms with Gasteiger partial charge in [0, 0.05) is 12.6 Å². The van der Waals surface area contributed by atoms with Gasteiger partial charge in [0.05, 0.1) is 0 Å². The van der Waals surface area contributed by atoms with Crippen molar-refractivity contribution in [3.63, 3.8) is 0 Å². The molecule has 60 valence electrons. The summed E-state index contributed by atoms with van der Waals surface area (Å²) >= 11 is 0. The zero-order valence-corrected chi connectivity index (χ0v) is 6.64. The number of rotatable bonds is 2. The van der Waals surface area contributed by atoms with Crippen LogP contribution in [0.3, 0.4) is 0 Å². The highest BCUT2D eigenvalue weighted by atomic mass is 16.3. The number of aliphatic hydroxyl groups excluding tert-OH is 1. The number of aliphatic hydroxyl groups is 1. The van der Waals surface area contributed by atoms with Crippen molar-refractivity contribution in [2.45, 2.75) is 32.2 Å². The predicted octanol–water partition coefficient (Wildman–Crippen LogP) is 0.757. The average Bonchev–Trinajstić information content (AvgIpc) is 1.95. The molecule has 1 fully saturated rings. The molecule has 0 aromatic heterocycles. The summed E-state index contributed by atoms with van der Waals surface area (Å²) in [6.45, 7) is 3.72. The largest absolute Gasteiger partial charge is 0.396 e. The fourth-order valence-corrected chi connectivity index (χ4v) is 1.46. The first kappa shape index (κ1) is 8.02. The molecule has 2 nitrogen and oxygen atoms in total. The Balaban J connectivity index is 2.13. The summed E-state index contributed by atoms with van der Waals surface area (Å²) in [5, 5.41) is 12.1. The molecule has 1 heterocycles. The number of hydrogen-bond acceptors (Lipinski definition) is 2. The SMILES string of the molecule is CC1CCC(CCO)NC1. The molecule has 0 amide bonds. The third-order valence-electron chi connectivity index (χ3n) is 2.24. The third-order valence-corrected chi connectivity index (χ3v) is 2.24. The van der Waals surface area contributed by atoms with E-state index in [0.29, 0.717) is 12.6 Å². The van der Waals surface area contributed by atoms with Crippen LogP contribution in [0.2, 0.25) is 0 Å². The van der Waals surface area contributed by atoms with Gasteiger partial charge >= 0.3 is 0 Å². The fraction of sp³-hybridized carbons (Fsp3) is 1.00. The molecular weight excluding hydrogens is 126 g/mol. The van der Waals surface area contributed by atoms with E-state index < -0.39 is 0 Å². The van der Waals surface area contributed by atoms with Gasteiger partial charge in [-0.3, -0.25) is 0 Å². The maximum Gasteiger partial charge on any atom is 0.0445 e. The van der Waals surface area contributed by atoms with Gasteiger partial charge in [-0.05, 0) is 31.7 Å². The molecule has 2 N–H and O–H groups in total. The Kier molecular flexibility index (Phi) is 3.16. The van der Waals surface area contributed by atoms with Gasteiger partial charge in [-0.1, -0.05) is 6.92 Å². The van der Waals surface area contributed by atoms with Crippen LogP contribution in [0.1, 0.15) is 26.2 Å². The van der Waals surface area contributed by atoms with Gasteiger partial charge in [-0.25, -0.2) is 0 Å². The molecule has 0 spiro atoms. The zero-order valence-electron chi connectivity index (χ0n) is 6.64. The van der Waals surface area contributed by atoms with E-state index in [4.69, 9.17) is 5.11 Å². The minimum Gasteiger partial charge on any atom is -0.396 e. The second-order valence-electron chi connectivity index (χ2n) is 3.30. The standard InChI is InChI=1S/C8H17NO/c1-7-2-3-8(4-5-10)9-6-7/h7-10H,2-6H2,1H3. The number of hydrogen-bond donors (Lipinski definition) is 2. The predicted molar refractivity (Wildman–Crippen MR) is 41.9 cm³/mol. The van der Waals surface area contributed by atoms with Gasteiger partial charge < -0.3 is 10.4 Å². The highest BCUT2D eigenvalue weighted by molar-refractivity contribution is 4.74. The first-order valence-electron chi connectivity index (χ1n) is 4.17. The van der Waals surface area contributed by atoms with E-state index in [1.165, 1.54) is 12.8 Å². The van der Waals surface area contributed by atoms with Crippen LogP contribution in [-0.2, 0) is 0 Å². The van der Waals surface area contributed by atoms with Crippen molar-refractivity contribution >= 4 is 0 Å². The van der Waals surface area contributed by atoms with Crippen LogP contribution >= 0.6 is 0 Å². The van der Waals surface area contributed by atoms with Crippen LogP contribution in [0.4, 0.5) is 0 Å². The molecule has 0 aliphatic carbocycles. The van der Waals surface area contributed by atoms with E-state index in [1.54, 1.807) is 0 Å². The molecule has 1 aliphatic heterocycles. The Morgan fingerprint density at radius 3 is 2.80 bits per heavy atom. The van der Waals surface area contributed by atoms with Gasteiger partial charge in [0.25, 0.3) is 0 Å². The van der Waals surface area contributed by atoms with Gasteiger partial charge in [0.15, 0.2) is 0 Å². The lowest BCUT2D eigenvalue weighted by molar-refractivity contribution is 0.235. The third kappa shape index (κ3) is 2.27. The van der Waals surface area contributed by atoms with Crippen molar-refractivity contribution in [1.82, 2.24) is 5.32 Å². The number of piperidine rings is 1. The lowest BCUT2D eigenvalue weighted by Gasteiger charge is -2.27. The van der Waals surface area contributed by atoms with Crippen molar-refractivity contribution in [3.05, 3.63) is 0 Å². The second-order valence-corrected chi connectivity index (χ2v) is 3.30. The van der Waals surface area contributed by atoms with E-state index in [9.17, 15) is 0 Å². The monoisotopic (exact) mass is 143 g/mol. The molecule has 10 heavy (non-hydrogen) atoms. The minimum atomic E-state index is 0.325. The molecule has 1 saturated heterocycles. The topological polar surface area (TPSA) is 32.3 Å². The molecule has 2 heteroatoms. The Labute approximate surface area is 62.6 Å². The van der Waals surface area contributed by atoms with Crippen LogP contribution in [0.15, 0.2) is 0 Å². The van der Waals surface area contributed by atoms with E-state index in [-0.39, 0.29) is 0 Å². The second kappa shape index (κ2) is 3.94. The molecule has 0 radical (unpaired) electrons. The summed E-state index contributed by atoms with van der Waals surface area (Å²) in [5.74, 6) is 0.829. The molecule has 0 aromatic rings. The summed E-state index contributed by atoms with van der Waals surface area (Å²) in [6, 6.07) is 0.584. The Bertz CT molecular complexity index is 87.3. The highest BCUT2D eigenvalue weighted by Crippen LogP contribution is 2.14. The highest BCUT2D eigenvalue weighted by Gasteiger charge is 2.15. The Morgan fingerprint density at radius 1 is 1.50 bits per heavy atom. The van der Waals surface area contributed by atoms with Gasteiger partial charge in [0.1, 0.15) is 0 Å². The summed E-state index contributed by atoms with van der Waals surface area (Å²) in [7, 11) is 0.